The van der Waals surface area contributed by atoms with E-state index in [9.17, 15) is 13.2 Å². The van der Waals surface area contributed by atoms with Crippen molar-refractivity contribution in [3.63, 3.8) is 0 Å². The molecule has 1 aromatic heterocycles. The van der Waals surface area contributed by atoms with E-state index in [1.54, 1.807) is 13.0 Å². The second kappa shape index (κ2) is 9.81. The number of rotatable bonds is 4. The molecule has 1 N–H and O–H groups in total. The largest absolute Gasteiger partial charge is 0.416 e. The summed E-state index contributed by atoms with van der Waals surface area (Å²) in [6.07, 6.45) is -3.80. The molecular formula is C25H24F3NS. The fraction of sp³-hybridized carbons (Fsp3) is 0.200. The molecule has 0 spiro atoms. The molecule has 1 heterocycles. The second-order valence-corrected chi connectivity index (χ2v) is 7.90. The standard InChI is InChI=1S/C16H15NS.C9H9F3/c1-12-7-8-16-15(9-12)13(11-18-16)10-17-14-5-3-2-4-6-14;1-2-7-5-3-4-6-8(7)9(10,11)12/h2-9,11,17H,10H2,1H3;3-6H,2H2,1H3. The zero-order chi connectivity index (χ0) is 21.6. The number of para-hydroxylation sites is 1. The van der Waals surface area contributed by atoms with Crippen molar-refractivity contribution in [2.75, 3.05) is 5.32 Å². The number of anilines is 1. The Balaban J connectivity index is 0.000000187. The van der Waals surface area contributed by atoms with Gasteiger partial charge in [0.25, 0.3) is 0 Å². The van der Waals surface area contributed by atoms with E-state index in [2.05, 4.69) is 60.1 Å². The first-order valence-electron chi connectivity index (χ1n) is 9.79. The van der Waals surface area contributed by atoms with Crippen LogP contribution in [0.4, 0.5) is 18.9 Å². The molecule has 0 radical (unpaired) electrons. The number of aryl methyl sites for hydroxylation is 2. The van der Waals surface area contributed by atoms with Crippen LogP contribution in [0.15, 0.2) is 78.2 Å². The van der Waals surface area contributed by atoms with Crippen molar-refractivity contribution < 1.29 is 13.2 Å². The monoisotopic (exact) mass is 427 g/mol. The van der Waals surface area contributed by atoms with E-state index >= 15 is 0 Å². The smallest absolute Gasteiger partial charge is 0.381 e. The van der Waals surface area contributed by atoms with E-state index in [0.29, 0.717) is 12.0 Å². The van der Waals surface area contributed by atoms with Crippen LogP contribution in [0.3, 0.4) is 0 Å². The van der Waals surface area contributed by atoms with Crippen LogP contribution in [0.2, 0.25) is 0 Å². The minimum absolute atomic E-state index is 0.352. The molecule has 0 aliphatic carbocycles. The van der Waals surface area contributed by atoms with Crippen LogP contribution in [0, 0.1) is 6.92 Å². The molecule has 0 atom stereocenters. The van der Waals surface area contributed by atoms with E-state index in [4.69, 9.17) is 0 Å². The minimum Gasteiger partial charge on any atom is -0.381 e. The van der Waals surface area contributed by atoms with Gasteiger partial charge in [0.1, 0.15) is 0 Å². The summed E-state index contributed by atoms with van der Waals surface area (Å²) >= 11 is 1.82. The van der Waals surface area contributed by atoms with Gasteiger partial charge in [-0.15, -0.1) is 11.3 Å². The quantitative estimate of drug-likeness (QED) is 0.347. The molecule has 30 heavy (non-hydrogen) atoms. The molecule has 0 saturated heterocycles. The summed E-state index contributed by atoms with van der Waals surface area (Å²) in [6, 6.07) is 22.6. The van der Waals surface area contributed by atoms with E-state index in [1.165, 1.54) is 39.0 Å². The van der Waals surface area contributed by atoms with Crippen LogP contribution in [-0.4, -0.2) is 0 Å². The molecule has 0 unspecified atom stereocenters. The highest BCUT2D eigenvalue weighted by Gasteiger charge is 2.32. The lowest BCUT2D eigenvalue weighted by Crippen LogP contribution is -2.08. The van der Waals surface area contributed by atoms with Crippen LogP contribution >= 0.6 is 11.3 Å². The highest BCUT2D eigenvalue weighted by Crippen LogP contribution is 2.32. The molecule has 0 bridgehead atoms. The molecule has 0 saturated carbocycles. The molecule has 4 aromatic rings. The summed E-state index contributed by atoms with van der Waals surface area (Å²) in [5.41, 5.74) is 3.70. The van der Waals surface area contributed by atoms with Gasteiger partial charge in [0.15, 0.2) is 0 Å². The van der Waals surface area contributed by atoms with Gasteiger partial charge in [-0.1, -0.05) is 61.0 Å². The summed E-state index contributed by atoms with van der Waals surface area (Å²) in [5, 5.41) is 7.09. The highest BCUT2D eigenvalue weighted by molar-refractivity contribution is 7.17. The number of hydrogen-bond donors (Lipinski definition) is 1. The third-order valence-corrected chi connectivity index (χ3v) is 5.78. The lowest BCUT2D eigenvalue weighted by Gasteiger charge is -2.10. The van der Waals surface area contributed by atoms with Crippen molar-refractivity contribution >= 4 is 27.1 Å². The maximum absolute atomic E-state index is 12.2. The number of thiophene rings is 1. The average Bonchev–Trinajstić information content (AvgIpc) is 3.15. The summed E-state index contributed by atoms with van der Waals surface area (Å²) in [5.74, 6) is 0. The predicted molar refractivity (Wildman–Crippen MR) is 121 cm³/mol. The van der Waals surface area contributed by atoms with Crippen molar-refractivity contribution in [1.82, 2.24) is 0 Å². The van der Waals surface area contributed by atoms with Crippen LogP contribution in [0.25, 0.3) is 10.1 Å². The molecule has 0 aliphatic rings. The first-order valence-corrected chi connectivity index (χ1v) is 10.7. The minimum atomic E-state index is -4.22. The summed E-state index contributed by atoms with van der Waals surface area (Å²) in [6.45, 7) is 4.74. The Labute approximate surface area is 179 Å². The van der Waals surface area contributed by atoms with Gasteiger partial charge in [-0.2, -0.15) is 13.2 Å². The molecular weight excluding hydrogens is 403 g/mol. The van der Waals surface area contributed by atoms with Gasteiger partial charge in [0.05, 0.1) is 5.56 Å². The zero-order valence-electron chi connectivity index (χ0n) is 17.0. The molecule has 0 amide bonds. The van der Waals surface area contributed by atoms with Crippen LogP contribution in [-0.2, 0) is 19.1 Å². The van der Waals surface area contributed by atoms with E-state index in [0.717, 1.165) is 12.6 Å². The van der Waals surface area contributed by atoms with E-state index < -0.39 is 11.7 Å². The average molecular weight is 428 g/mol. The maximum Gasteiger partial charge on any atom is 0.416 e. The number of fused-ring (bicyclic) bond motifs is 1. The topological polar surface area (TPSA) is 12.0 Å². The first kappa shape index (κ1) is 21.9. The molecule has 5 heteroatoms. The van der Waals surface area contributed by atoms with Gasteiger partial charge in [-0.3, -0.25) is 0 Å². The van der Waals surface area contributed by atoms with Gasteiger partial charge >= 0.3 is 6.18 Å². The maximum atomic E-state index is 12.2. The molecule has 3 aromatic carbocycles. The Morgan fingerprint density at radius 3 is 2.23 bits per heavy atom. The van der Waals surface area contributed by atoms with Gasteiger partial charge < -0.3 is 5.32 Å². The van der Waals surface area contributed by atoms with Crippen molar-refractivity contribution in [3.8, 4) is 0 Å². The lowest BCUT2D eigenvalue weighted by atomic mass is 10.1. The Morgan fingerprint density at radius 2 is 1.57 bits per heavy atom. The normalized spacial score (nSPS) is 11.1. The predicted octanol–water partition coefficient (Wildman–Crippen LogP) is 8.09. The Bertz CT molecular complexity index is 1080. The van der Waals surface area contributed by atoms with Crippen molar-refractivity contribution in [3.05, 3.63) is 100 Å². The van der Waals surface area contributed by atoms with Crippen molar-refractivity contribution in [2.45, 2.75) is 33.0 Å². The Hall–Kier alpha value is -2.79. The Kier molecular flexibility index (Phi) is 7.16. The number of benzene rings is 3. The van der Waals surface area contributed by atoms with Gasteiger partial charge in [-0.25, -0.2) is 0 Å². The van der Waals surface area contributed by atoms with E-state index in [1.807, 2.05) is 17.4 Å². The fourth-order valence-electron chi connectivity index (χ4n) is 3.19. The van der Waals surface area contributed by atoms with E-state index in [-0.39, 0.29) is 0 Å². The molecule has 156 valence electrons. The first-order chi connectivity index (χ1) is 14.4. The third-order valence-electron chi connectivity index (χ3n) is 4.77. The molecule has 0 fully saturated rings. The van der Waals surface area contributed by atoms with Crippen molar-refractivity contribution in [2.24, 2.45) is 0 Å². The third kappa shape index (κ3) is 5.63. The molecule has 1 nitrogen and oxygen atoms in total. The molecule has 0 aliphatic heterocycles. The zero-order valence-corrected chi connectivity index (χ0v) is 17.8. The number of halogens is 3. The van der Waals surface area contributed by atoms with Gasteiger partial charge in [-0.05, 0) is 59.5 Å². The highest BCUT2D eigenvalue weighted by atomic mass is 32.1. The number of alkyl halides is 3. The fourth-order valence-corrected chi connectivity index (χ4v) is 4.13. The summed E-state index contributed by atoms with van der Waals surface area (Å²) in [4.78, 5) is 0. The molecule has 4 rings (SSSR count). The lowest BCUT2D eigenvalue weighted by molar-refractivity contribution is -0.138. The van der Waals surface area contributed by atoms with Crippen molar-refractivity contribution in [1.29, 1.82) is 0 Å². The van der Waals surface area contributed by atoms with Crippen LogP contribution in [0.1, 0.15) is 29.2 Å². The van der Waals surface area contributed by atoms with Crippen LogP contribution in [0.5, 0.6) is 0 Å². The summed E-state index contributed by atoms with van der Waals surface area (Å²) in [7, 11) is 0. The Morgan fingerprint density at radius 1 is 0.867 bits per heavy atom. The number of nitrogens with one attached hydrogen (secondary N) is 1. The van der Waals surface area contributed by atoms with Gasteiger partial charge in [0, 0.05) is 16.9 Å². The van der Waals surface area contributed by atoms with Crippen LogP contribution < -0.4 is 5.32 Å². The second-order valence-electron chi connectivity index (χ2n) is 6.99. The number of hydrogen-bond acceptors (Lipinski definition) is 2. The SMILES string of the molecule is CCc1ccccc1C(F)(F)F.Cc1ccc2scc(CNc3ccccc3)c2c1. The summed E-state index contributed by atoms with van der Waals surface area (Å²) < 4.78 is 38.1. The van der Waals surface area contributed by atoms with Gasteiger partial charge in [0.2, 0.25) is 0 Å².